The first-order chi connectivity index (χ1) is 10.2. The maximum atomic E-state index is 12.0. The van der Waals surface area contributed by atoms with Crippen LogP contribution in [-0.2, 0) is 4.79 Å². The molecule has 7 heteroatoms. The number of nitrogens with zero attached hydrogens (tertiary/aromatic N) is 2. The van der Waals surface area contributed by atoms with Crippen LogP contribution < -0.4 is 15.5 Å². The Morgan fingerprint density at radius 3 is 2.86 bits per heavy atom. The molecular weight excluding hydrogens is 288 g/mol. The third kappa shape index (κ3) is 3.19. The molecule has 108 valence electrons. The summed E-state index contributed by atoms with van der Waals surface area (Å²) in [5, 5.41) is 7.77. The van der Waals surface area contributed by atoms with Gasteiger partial charge in [0.1, 0.15) is 0 Å². The van der Waals surface area contributed by atoms with E-state index in [0.29, 0.717) is 18.1 Å². The summed E-state index contributed by atoms with van der Waals surface area (Å²) in [6.45, 7) is 0.480. The van der Waals surface area contributed by atoms with Crippen molar-refractivity contribution in [1.29, 1.82) is 0 Å². The van der Waals surface area contributed by atoms with E-state index in [2.05, 4.69) is 15.6 Å². The lowest BCUT2D eigenvalue weighted by molar-refractivity contribution is -0.117. The quantitative estimate of drug-likeness (QED) is 0.911. The van der Waals surface area contributed by atoms with Crippen LogP contribution in [0.2, 0.25) is 0 Å². The summed E-state index contributed by atoms with van der Waals surface area (Å²) < 4.78 is 0. The largest absolute Gasteiger partial charge is 0.333 e. The van der Waals surface area contributed by atoms with Crippen LogP contribution >= 0.6 is 11.3 Å². The number of carbonyl (C=O) groups is 2. The number of rotatable bonds is 3. The maximum Gasteiger partial charge on any atom is 0.321 e. The van der Waals surface area contributed by atoms with E-state index >= 15 is 0 Å². The molecule has 21 heavy (non-hydrogen) atoms. The van der Waals surface area contributed by atoms with Crippen molar-refractivity contribution < 1.29 is 9.59 Å². The highest BCUT2D eigenvalue weighted by molar-refractivity contribution is 7.13. The fourth-order valence-electron chi connectivity index (χ4n) is 2.27. The predicted molar refractivity (Wildman–Crippen MR) is 81.5 cm³/mol. The second-order valence-electron chi connectivity index (χ2n) is 4.68. The number of nitrogens with one attached hydrogen (secondary N) is 2. The Morgan fingerprint density at radius 2 is 2.14 bits per heavy atom. The normalized spacial score (nSPS) is 17.8. The second-order valence-corrected chi connectivity index (χ2v) is 5.57. The highest BCUT2D eigenvalue weighted by Crippen LogP contribution is 2.21. The number of thiazole rings is 1. The highest BCUT2D eigenvalue weighted by atomic mass is 32.1. The van der Waals surface area contributed by atoms with Gasteiger partial charge in [-0.1, -0.05) is 18.2 Å². The number of urea groups is 1. The Kier molecular flexibility index (Phi) is 3.83. The van der Waals surface area contributed by atoms with Crippen molar-refractivity contribution in [2.24, 2.45) is 0 Å². The molecular formula is C14H14N4O2S. The molecule has 2 aromatic rings. The van der Waals surface area contributed by atoms with E-state index in [1.165, 1.54) is 11.3 Å². The van der Waals surface area contributed by atoms with Crippen molar-refractivity contribution in [2.45, 2.75) is 12.5 Å². The molecule has 0 unspecified atom stereocenters. The first kappa shape index (κ1) is 13.6. The molecule has 2 N–H and O–H groups in total. The number of benzene rings is 1. The minimum Gasteiger partial charge on any atom is -0.333 e. The van der Waals surface area contributed by atoms with Crippen LogP contribution in [0, 0.1) is 0 Å². The summed E-state index contributed by atoms with van der Waals surface area (Å²) in [7, 11) is 0. The summed E-state index contributed by atoms with van der Waals surface area (Å²) in [6.07, 6.45) is 1.93. The van der Waals surface area contributed by atoms with Crippen LogP contribution in [0.1, 0.15) is 6.42 Å². The van der Waals surface area contributed by atoms with Crippen LogP contribution in [0.4, 0.5) is 15.6 Å². The van der Waals surface area contributed by atoms with Crippen LogP contribution in [-0.4, -0.2) is 29.5 Å². The molecule has 0 aliphatic carbocycles. The molecule has 0 saturated carbocycles. The van der Waals surface area contributed by atoms with E-state index in [4.69, 9.17) is 0 Å². The molecule has 1 aromatic heterocycles. The predicted octanol–water partition coefficient (Wildman–Crippen LogP) is 2.07. The molecule has 1 aromatic carbocycles. The number of para-hydroxylation sites is 1. The van der Waals surface area contributed by atoms with E-state index in [1.807, 2.05) is 30.3 Å². The number of carbonyl (C=O) groups excluding carboxylic acids is 2. The van der Waals surface area contributed by atoms with E-state index in [0.717, 1.165) is 5.69 Å². The number of hydrogen-bond acceptors (Lipinski definition) is 4. The lowest BCUT2D eigenvalue weighted by atomic mass is 10.2. The summed E-state index contributed by atoms with van der Waals surface area (Å²) in [6, 6.07) is 8.92. The Morgan fingerprint density at radius 1 is 1.33 bits per heavy atom. The minimum atomic E-state index is -0.335. The maximum absolute atomic E-state index is 12.0. The van der Waals surface area contributed by atoms with Crippen molar-refractivity contribution in [3.8, 4) is 0 Å². The Balaban J connectivity index is 1.59. The Bertz CT molecular complexity index is 630. The topological polar surface area (TPSA) is 74.3 Å². The van der Waals surface area contributed by atoms with Gasteiger partial charge in [0.2, 0.25) is 5.91 Å². The van der Waals surface area contributed by atoms with Gasteiger partial charge < -0.3 is 10.2 Å². The van der Waals surface area contributed by atoms with Gasteiger partial charge in [-0.05, 0) is 12.1 Å². The standard InChI is InChI=1S/C14H14N4O2S/c19-12-8-10(9-18(12)11-4-2-1-3-5-11)16-13(20)17-14-15-6-7-21-14/h1-7,10H,8-9H2,(H2,15,16,17,20)/t10-/m0/s1. The van der Waals surface area contributed by atoms with Gasteiger partial charge in [0.25, 0.3) is 0 Å². The smallest absolute Gasteiger partial charge is 0.321 e. The van der Waals surface area contributed by atoms with Crippen LogP contribution in [0.5, 0.6) is 0 Å². The highest BCUT2D eigenvalue weighted by Gasteiger charge is 2.31. The SMILES string of the molecule is O=C(Nc1nccs1)N[C@H]1CC(=O)N(c2ccccc2)C1. The van der Waals surface area contributed by atoms with Gasteiger partial charge >= 0.3 is 6.03 Å². The van der Waals surface area contributed by atoms with Gasteiger partial charge in [-0.3, -0.25) is 10.1 Å². The fraction of sp³-hybridized carbons (Fsp3) is 0.214. The zero-order valence-electron chi connectivity index (χ0n) is 11.2. The van der Waals surface area contributed by atoms with Crippen molar-refractivity contribution >= 4 is 34.1 Å². The molecule has 0 spiro atoms. The second kappa shape index (κ2) is 5.92. The first-order valence-corrected chi connectivity index (χ1v) is 7.43. The lowest BCUT2D eigenvalue weighted by Gasteiger charge is -2.17. The van der Waals surface area contributed by atoms with Crippen molar-refractivity contribution in [1.82, 2.24) is 10.3 Å². The van der Waals surface area contributed by atoms with Crippen LogP contribution in [0.3, 0.4) is 0 Å². The summed E-state index contributed by atoms with van der Waals surface area (Å²) in [5.41, 5.74) is 0.854. The van der Waals surface area contributed by atoms with Gasteiger partial charge in [-0.25, -0.2) is 9.78 Å². The van der Waals surface area contributed by atoms with E-state index in [9.17, 15) is 9.59 Å². The average molecular weight is 302 g/mol. The van der Waals surface area contributed by atoms with Gasteiger partial charge in [-0.2, -0.15) is 0 Å². The van der Waals surface area contributed by atoms with E-state index in [-0.39, 0.29) is 18.0 Å². The molecule has 1 aliphatic heterocycles. The summed E-state index contributed by atoms with van der Waals surface area (Å²) >= 11 is 1.35. The first-order valence-electron chi connectivity index (χ1n) is 6.55. The molecule has 1 fully saturated rings. The molecule has 1 aliphatic rings. The third-order valence-corrected chi connectivity index (χ3v) is 3.87. The number of hydrogen-bond donors (Lipinski definition) is 2. The Hall–Kier alpha value is -2.41. The molecule has 1 saturated heterocycles. The molecule has 1 atom stereocenters. The monoisotopic (exact) mass is 302 g/mol. The molecule has 3 amide bonds. The van der Waals surface area contributed by atoms with Gasteiger partial charge in [0.15, 0.2) is 5.13 Å². The average Bonchev–Trinajstić information content (AvgIpc) is 3.09. The van der Waals surface area contributed by atoms with Crippen molar-refractivity contribution in [3.05, 3.63) is 41.9 Å². The third-order valence-electron chi connectivity index (χ3n) is 3.18. The summed E-state index contributed by atoms with van der Waals surface area (Å²) in [5.74, 6) is 0.0146. The van der Waals surface area contributed by atoms with Gasteiger partial charge in [0.05, 0.1) is 6.04 Å². The molecule has 0 radical (unpaired) electrons. The van der Waals surface area contributed by atoms with E-state index < -0.39 is 0 Å². The van der Waals surface area contributed by atoms with E-state index in [1.54, 1.807) is 16.5 Å². The fourth-order valence-corrected chi connectivity index (χ4v) is 2.79. The minimum absolute atomic E-state index is 0.0146. The lowest BCUT2D eigenvalue weighted by Crippen LogP contribution is -2.39. The zero-order chi connectivity index (χ0) is 14.7. The zero-order valence-corrected chi connectivity index (χ0v) is 12.0. The van der Waals surface area contributed by atoms with Crippen LogP contribution in [0.15, 0.2) is 41.9 Å². The van der Waals surface area contributed by atoms with Gasteiger partial charge in [-0.15, -0.1) is 11.3 Å². The molecule has 0 bridgehead atoms. The molecule has 6 nitrogen and oxygen atoms in total. The number of amides is 3. The molecule has 2 heterocycles. The van der Waals surface area contributed by atoms with Crippen molar-refractivity contribution in [3.63, 3.8) is 0 Å². The molecule has 3 rings (SSSR count). The Labute approximate surface area is 125 Å². The number of aromatic nitrogens is 1. The summed E-state index contributed by atoms with van der Waals surface area (Å²) in [4.78, 5) is 29.5. The van der Waals surface area contributed by atoms with Gasteiger partial charge in [0, 0.05) is 30.2 Å². The number of anilines is 2. The van der Waals surface area contributed by atoms with Crippen molar-refractivity contribution in [2.75, 3.05) is 16.8 Å². The van der Waals surface area contributed by atoms with Crippen LogP contribution in [0.25, 0.3) is 0 Å².